The summed E-state index contributed by atoms with van der Waals surface area (Å²) < 4.78 is 5.25. The average Bonchev–Trinajstić information content (AvgIpc) is 2.29. The molecule has 1 fully saturated rings. The molecule has 0 bridgehead atoms. The van der Waals surface area contributed by atoms with Crippen molar-refractivity contribution in [1.82, 2.24) is 16.0 Å². The van der Waals surface area contributed by atoms with Crippen molar-refractivity contribution in [2.45, 2.75) is 13.0 Å². The zero-order valence-corrected chi connectivity index (χ0v) is 10.0. The van der Waals surface area contributed by atoms with Gasteiger partial charge in [0.15, 0.2) is 0 Å². The standard InChI is InChI=1S/C11H19N3O3/c1-8(2)7-17-4-3-12-11(16)9-5-14-10(15)6-13-9/h9,13H,1,3-7H2,2H3,(H,12,16)(H,14,15). The minimum atomic E-state index is -0.353. The van der Waals surface area contributed by atoms with Crippen molar-refractivity contribution >= 4 is 11.8 Å². The first-order chi connectivity index (χ1) is 8.09. The van der Waals surface area contributed by atoms with Crippen molar-refractivity contribution in [3.63, 3.8) is 0 Å². The van der Waals surface area contributed by atoms with Crippen LogP contribution in [0.3, 0.4) is 0 Å². The number of rotatable bonds is 6. The number of hydrogen-bond acceptors (Lipinski definition) is 4. The van der Waals surface area contributed by atoms with Crippen LogP contribution in [-0.2, 0) is 14.3 Å². The van der Waals surface area contributed by atoms with Crippen molar-refractivity contribution in [3.05, 3.63) is 12.2 Å². The van der Waals surface area contributed by atoms with Crippen LogP contribution in [0, 0.1) is 0 Å². The van der Waals surface area contributed by atoms with Crippen LogP contribution in [-0.4, -0.2) is 50.7 Å². The maximum Gasteiger partial charge on any atom is 0.239 e. The Bertz CT molecular complexity index is 294. The Kier molecular flexibility index (Phi) is 5.65. The zero-order valence-electron chi connectivity index (χ0n) is 10.0. The van der Waals surface area contributed by atoms with E-state index in [2.05, 4.69) is 22.5 Å². The van der Waals surface area contributed by atoms with Crippen LogP contribution < -0.4 is 16.0 Å². The summed E-state index contributed by atoms with van der Waals surface area (Å²) in [6.07, 6.45) is 0. The zero-order chi connectivity index (χ0) is 12.7. The molecule has 0 aromatic carbocycles. The molecule has 0 spiro atoms. The van der Waals surface area contributed by atoms with E-state index in [1.54, 1.807) is 0 Å². The fourth-order valence-corrected chi connectivity index (χ4v) is 1.37. The van der Waals surface area contributed by atoms with Gasteiger partial charge in [-0.05, 0) is 6.92 Å². The van der Waals surface area contributed by atoms with Crippen LogP contribution in [0.25, 0.3) is 0 Å². The highest BCUT2D eigenvalue weighted by Crippen LogP contribution is 1.89. The van der Waals surface area contributed by atoms with Gasteiger partial charge in [-0.15, -0.1) is 0 Å². The van der Waals surface area contributed by atoms with Crippen molar-refractivity contribution in [3.8, 4) is 0 Å². The molecule has 96 valence electrons. The van der Waals surface area contributed by atoms with Crippen molar-refractivity contribution in [2.24, 2.45) is 0 Å². The third-order valence-electron chi connectivity index (χ3n) is 2.22. The van der Waals surface area contributed by atoms with E-state index in [1.807, 2.05) is 6.92 Å². The quantitative estimate of drug-likeness (QED) is 0.402. The number of hydrogen-bond donors (Lipinski definition) is 3. The molecule has 1 saturated heterocycles. The number of ether oxygens (including phenoxy) is 1. The number of carbonyl (C=O) groups excluding carboxylic acids is 2. The Morgan fingerprint density at radius 1 is 1.65 bits per heavy atom. The van der Waals surface area contributed by atoms with Gasteiger partial charge in [-0.2, -0.15) is 0 Å². The van der Waals surface area contributed by atoms with E-state index in [1.165, 1.54) is 0 Å². The van der Waals surface area contributed by atoms with Crippen molar-refractivity contribution < 1.29 is 14.3 Å². The number of amides is 2. The first-order valence-electron chi connectivity index (χ1n) is 5.59. The Morgan fingerprint density at radius 2 is 2.41 bits per heavy atom. The van der Waals surface area contributed by atoms with Crippen molar-refractivity contribution in [1.29, 1.82) is 0 Å². The van der Waals surface area contributed by atoms with Gasteiger partial charge in [0.2, 0.25) is 11.8 Å². The molecule has 0 saturated carbocycles. The molecule has 6 heteroatoms. The molecule has 1 aliphatic rings. The number of carbonyl (C=O) groups is 2. The topological polar surface area (TPSA) is 79.5 Å². The summed E-state index contributed by atoms with van der Waals surface area (Å²) in [5.74, 6) is -0.206. The molecule has 0 aromatic heterocycles. The van der Waals surface area contributed by atoms with E-state index in [-0.39, 0.29) is 24.4 Å². The van der Waals surface area contributed by atoms with Gasteiger partial charge < -0.3 is 15.4 Å². The predicted octanol–water partition coefficient (Wildman–Crippen LogP) is -1.22. The van der Waals surface area contributed by atoms with Crippen LogP contribution in [0.1, 0.15) is 6.92 Å². The molecular weight excluding hydrogens is 222 g/mol. The van der Waals surface area contributed by atoms with Crippen LogP contribution in [0.4, 0.5) is 0 Å². The summed E-state index contributed by atoms with van der Waals surface area (Å²) in [5, 5.41) is 8.21. The predicted molar refractivity (Wildman–Crippen MR) is 63.4 cm³/mol. The Balaban J connectivity index is 2.08. The second kappa shape index (κ2) is 7.03. The van der Waals surface area contributed by atoms with Crippen LogP contribution in [0.15, 0.2) is 12.2 Å². The van der Waals surface area contributed by atoms with Crippen LogP contribution in [0.2, 0.25) is 0 Å². The van der Waals surface area contributed by atoms with Crippen molar-refractivity contribution in [2.75, 3.05) is 32.8 Å². The lowest BCUT2D eigenvalue weighted by molar-refractivity contribution is -0.126. The van der Waals surface area contributed by atoms with E-state index in [4.69, 9.17) is 4.74 Å². The molecule has 0 radical (unpaired) electrons. The lowest BCUT2D eigenvalue weighted by Gasteiger charge is -2.23. The highest BCUT2D eigenvalue weighted by Gasteiger charge is 2.22. The highest BCUT2D eigenvalue weighted by atomic mass is 16.5. The Labute approximate surface area is 101 Å². The largest absolute Gasteiger partial charge is 0.375 e. The lowest BCUT2D eigenvalue weighted by Crippen LogP contribution is -2.58. The average molecular weight is 241 g/mol. The molecule has 3 N–H and O–H groups in total. The minimum Gasteiger partial charge on any atom is -0.375 e. The molecule has 6 nitrogen and oxygen atoms in total. The van der Waals surface area contributed by atoms with Crippen LogP contribution >= 0.6 is 0 Å². The summed E-state index contributed by atoms with van der Waals surface area (Å²) >= 11 is 0. The molecule has 17 heavy (non-hydrogen) atoms. The molecule has 1 aliphatic heterocycles. The Hall–Kier alpha value is -1.40. The highest BCUT2D eigenvalue weighted by molar-refractivity contribution is 5.86. The van der Waals surface area contributed by atoms with E-state index >= 15 is 0 Å². The summed E-state index contributed by atoms with van der Waals surface area (Å²) in [7, 11) is 0. The van der Waals surface area contributed by atoms with Crippen LogP contribution in [0.5, 0.6) is 0 Å². The second-order valence-corrected chi connectivity index (χ2v) is 4.04. The molecule has 1 atom stereocenters. The molecule has 2 amide bonds. The molecule has 1 unspecified atom stereocenters. The van der Waals surface area contributed by atoms with Gasteiger partial charge in [-0.3, -0.25) is 14.9 Å². The molecule has 1 rings (SSSR count). The van der Waals surface area contributed by atoms with Gasteiger partial charge in [0.1, 0.15) is 6.04 Å². The normalized spacial score (nSPS) is 19.6. The first-order valence-corrected chi connectivity index (χ1v) is 5.59. The maximum absolute atomic E-state index is 11.6. The number of piperazine rings is 1. The molecule has 0 aliphatic carbocycles. The lowest BCUT2D eigenvalue weighted by atomic mass is 10.2. The molecule has 1 heterocycles. The third-order valence-corrected chi connectivity index (χ3v) is 2.22. The van der Waals surface area contributed by atoms with Gasteiger partial charge in [0, 0.05) is 13.1 Å². The summed E-state index contributed by atoms with van der Waals surface area (Å²) in [6.45, 7) is 7.52. The summed E-state index contributed by atoms with van der Waals surface area (Å²) in [5.41, 5.74) is 0.952. The van der Waals surface area contributed by atoms with E-state index < -0.39 is 0 Å². The van der Waals surface area contributed by atoms with E-state index in [0.29, 0.717) is 26.3 Å². The third kappa shape index (κ3) is 5.46. The van der Waals surface area contributed by atoms with Gasteiger partial charge in [0.05, 0.1) is 19.8 Å². The minimum absolute atomic E-state index is 0.0844. The Morgan fingerprint density at radius 3 is 3.00 bits per heavy atom. The van der Waals surface area contributed by atoms with Gasteiger partial charge in [0.25, 0.3) is 0 Å². The fourth-order valence-electron chi connectivity index (χ4n) is 1.37. The smallest absolute Gasteiger partial charge is 0.239 e. The second-order valence-electron chi connectivity index (χ2n) is 4.04. The van der Waals surface area contributed by atoms with E-state index in [0.717, 1.165) is 5.57 Å². The van der Waals surface area contributed by atoms with Gasteiger partial charge in [-0.1, -0.05) is 12.2 Å². The fraction of sp³-hybridized carbons (Fsp3) is 0.636. The summed E-state index contributed by atoms with van der Waals surface area (Å²) in [4.78, 5) is 22.5. The van der Waals surface area contributed by atoms with E-state index in [9.17, 15) is 9.59 Å². The van der Waals surface area contributed by atoms with Gasteiger partial charge >= 0.3 is 0 Å². The molecular formula is C11H19N3O3. The first kappa shape index (κ1) is 13.7. The summed E-state index contributed by atoms with van der Waals surface area (Å²) in [6, 6.07) is -0.353. The SMILES string of the molecule is C=C(C)COCCNC(=O)C1CNC(=O)CN1. The van der Waals surface area contributed by atoms with Gasteiger partial charge in [-0.25, -0.2) is 0 Å². The monoisotopic (exact) mass is 241 g/mol. The number of nitrogens with one attached hydrogen (secondary N) is 3. The maximum atomic E-state index is 11.6. The molecule has 0 aromatic rings.